The summed E-state index contributed by atoms with van der Waals surface area (Å²) in [7, 11) is -3.26. The SMILES string of the molecule is CS(=O)(=O)c1ccc(NCc2ccc(Cl)cc2Br)cn1. The number of hydrogen-bond donors (Lipinski definition) is 1. The van der Waals surface area contributed by atoms with Crippen molar-refractivity contribution in [2.75, 3.05) is 11.6 Å². The molecular weight excluding hydrogens is 364 g/mol. The van der Waals surface area contributed by atoms with Gasteiger partial charge in [0, 0.05) is 22.3 Å². The molecule has 0 saturated carbocycles. The predicted octanol–water partition coefficient (Wildman–Crippen LogP) is 3.51. The fraction of sp³-hybridized carbons (Fsp3) is 0.154. The van der Waals surface area contributed by atoms with E-state index in [1.165, 1.54) is 12.3 Å². The Morgan fingerprint density at radius 3 is 2.60 bits per heavy atom. The topological polar surface area (TPSA) is 59.1 Å². The van der Waals surface area contributed by atoms with Crippen molar-refractivity contribution in [3.05, 3.63) is 51.6 Å². The zero-order chi connectivity index (χ0) is 14.8. The Morgan fingerprint density at radius 2 is 2.05 bits per heavy atom. The molecule has 1 N–H and O–H groups in total. The smallest absolute Gasteiger partial charge is 0.192 e. The molecule has 0 amide bonds. The zero-order valence-electron chi connectivity index (χ0n) is 10.6. The third-order valence-electron chi connectivity index (χ3n) is 2.61. The van der Waals surface area contributed by atoms with E-state index in [0.29, 0.717) is 11.6 Å². The highest BCUT2D eigenvalue weighted by molar-refractivity contribution is 9.10. The number of nitrogens with zero attached hydrogens (tertiary/aromatic N) is 1. The van der Waals surface area contributed by atoms with Crippen molar-refractivity contribution in [1.82, 2.24) is 4.98 Å². The van der Waals surface area contributed by atoms with Crippen LogP contribution in [0, 0.1) is 0 Å². The Labute approximate surface area is 131 Å². The molecule has 0 radical (unpaired) electrons. The number of anilines is 1. The van der Waals surface area contributed by atoms with Crippen molar-refractivity contribution in [2.24, 2.45) is 0 Å². The molecule has 106 valence electrons. The van der Waals surface area contributed by atoms with Crippen LogP contribution < -0.4 is 5.32 Å². The summed E-state index contributed by atoms with van der Waals surface area (Å²) in [6.07, 6.45) is 2.63. The second kappa shape index (κ2) is 6.11. The third-order valence-corrected chi connectivity index (χ3v) is 4.59. The lowest BCUT2D eigenvalue weighted by molar-refractivity contribution is 0.598. The maximum absolute atomic E-state index is 11.3. The van der Waals surface area contributed by atoms with Gasteiger partial charge in [0.15, 0.2) is 14.9 Å². The largest absolute Gasteiger partial charge is 0.380 e. The average Bonchev–Trinajstić information content (AvgIpc) is 2.37. The first-order valence-corrected chi connectivity index (χ1v) is 8.76. The molecule has 2 rings (SSSR count). The maximum atomic E-state index is 11.3. The van der Waals surface area contributed by atoms with Gasteiger partial charge in [0.1, 0.15) is 0 Å². The summed E-state index contributed by atoms with van der Waals surface area (Å²) in [5.74, 6) is 0. The van der Waals surface area contributed by atoms with E-state index in [0.717, 1.165) is 22.0 Å². The Bertz CT molecular complexity index is 718. The van der Waals surface area contributed by atoms with E-state index < -0.39 is 9.84 Å². The van der Waals surface area contributed by atoms with Gasteiger partial charge in [-0.05, 0) is 29.8 Å². The van der Waals surface area contributed by atoms with Crippen LogP contribution in [0.3, 0.4) is 0 Å². The van der Waals surface area contributed by atoms with Crippen LogP contribution in [0.5, 0.6) is 0 Å². The number of sulfone groups is 1. The van der Waals surface area contributed by atoms with Gasteiger partial charge in [-0.2, -0.15) is 0 Å². The number of aromatic nitrogens is 1. The van der Waals surface area contributed by atoms with Gasteiger partial charge in [0.25, 0.3) is 0 Å². The first kappa shape index (κ1) is 15.3. The van der Waals surface area contributed by atoms with Gasteiger partial charge >= 0.3 is 0 Å². The highest BCUT2D eigenvalue weighted by Gasteiger charge is 2.08. The quantitative estimate of drug-likeness (QED) is 0.888. The predicted molar refractivity (Wildman–Crippen MR) is 83.8 cm³/mol. The summed E-state index contributed by atoms with van der Waals surface area (Å²) < 4.78 is 23.5. The molecular formula is C13H12BrClN2O2S. The van der Waals surface area contributed by atoms with Gasteiger partial charge < -0.3 is 5.32 Å². The van der Waals surface area contributed by atoms with Crippen molar-refractivity contribution < 1.29 is 8.42 Å². The molecule has 20 heavy (non-hydrogen) atoms. The number of halogens is 2. The van der Waals surface area contributed by atoms with Crippen LogP contribution in [-0.2, 0) is 16.4 Å². The maximum Gasteiger partial charge on any atom is 0.192 e. The lowest BCUT2D eigenvalue weighted by Crippen LogP contribution is -2.03. The monoisotopic (exact) mass is 374 g/mol. The van der Waals surface area contributed by atoms with Crippen molar-refractivity contribution >= 4 is 43.1 Å². The summed E-state index contributed by atoms with van der Waals surface area (Å²) in [5.41, 5.74) is 1.79. The van der Waals surface area contributed by atoms with Gasteiger partial charge in [0.2, 0.25) is 0 Å². The number of nitrogens with one attached hydrogen (secondary N) is 1. The van der Waals surface area contributed by atoms with Crippen LogP contribution >= 0.6 is 27.5 Å². The molecule has 0 unspecified atom stereocenters. The fourth-order valence-corrected chi connectivity index (χ4v) is 2.95. The molecule has 0 atom stereocenters. The highest BCUT2D eigenvalue weighted by atomic mass is 79.9. The first-order chi connectivity index (χ1) is 9.36. The molecule has 4 nitrogen and oxygen atoms in total. The molecule has 0 saturated heterocycles. The molecule has 0 aliphatic rings. The highest BCUT2D eigenvalue weighted by Crippen LogP contribution is 2.22. The second-order valence-corrected chi connectivity index (χ2v) is 7.50. The van der Waals surface area contributed by atoms with Crippen LogP contribution in [0.2, 0.25) is 5.02 Å². The number of hydrogen-bond acceptors (Lipinski definition) is 4. The van der Waals surface area contributed by atoms with Crippen LogP contribution in [-0.4, -0.2) is 19.7 Å². The summed E-state index contributed by atoms with van der Waals surface area (Å²) >= 11 is 9.32. The molecule has 7 heteroatoms. The van der Waals surface area contributed by atoms with E-state index in [1.807, 2.05) is 18.2 Å². The molecule has 0 spiro atoms. The van der Waals surface area contributed by atoms with Crippen LogP contribution in [0.1, 0.15) is 5.56 Å². The van der Waals surface area contributed by atoms with Gasteiger partial charge in [-0.15, -0.1) is 0 Å². The molecule has 0 aliphatic heterocycles. The lowest BCUT2D eigenvalue weighted by Gasteiger charge is -2.08. The zero-order valence-corrected chi connectivity index (χ0v) is 13.8. The van der Waals surface area contributed by atoms with Gasteiger partial charge in [-0.1, -0.05) is 33.6 Å². The Balaban J connectivity index is 2.08. The lowest BCUT2D eigenvalue weighted by atomic mass is 10.2. The van der Waals surface area contributed by atoms with E-state index in [-0.39, 0.29) is 5.03 Å². The van der Waals surface area contributed by atoms with E-state index in [9.17, 15) is 8.42 Å². The van der Waals surface area contributed by atoms with Crippen molar-refractivity contribution in [1.29, 1.82) is 0 Å². The molecule has 1 aromatic heterocycles. The van der Waals surface area contributed by atoms with Crippen molar-refractivity contribution in [3.63, 3.8) is 0 Å². The van der Waals surface area contributed by atoms with Crippen LogP contribution in [0.15, 0.2) is 46.0 Å². The minimum atomic E-state index is -3.26. The summed E-state index contributed by atoms with van der Waals surface area (Å²) in [5, 5.41) is 3.90. The van der Waals surface area contributed by atoms with Gasteiger partial charge in [0.05, 0.1) is 11.9 Å². The molecule has 1 heterocycles. The standard InChI is InChI=1S/C13H12BrClN2O2S/c1-20(18,19)13-5-4-11(8-17-13)16-7-9-2-3-10(15)6-12(9)14/h2-6,8,16H,7H2,1H3. The third kappa shape index (κ3) is 3.94. The minimum absolute atomic E-state index is 0.0655. The Morgan fingerprint density at radius 1 is 1.30 bits per heavy atom. The number of pyridine rings is 1. The van der Waals surface area contributed by atoms with Gasteiger partial charge in [-0.3, -0.25) is 0 Å². The number of rotatable bonds is 4. The van der Waals surface area contributed by atoms with Crippen LogP contribution in [0.4, 0.5) is 5.69 Å². The average molecular weight is 376 g/mol. The minimum Gasteiger partial charge on any atom is -0.380 e. The summed E-state index contributed by atoms with van der Waals surface area (Å²) in [4.78, 5) is 3.92. The van der Waals surface area contributed by atoms with E-state index in [2.05, 4.69) is 26.2 Å². The van der Waals surface area contributed by atoms with Crippen molar-refractivity contribution in [2.45, 2.75) is 11.6 Å². The first-order valence-electron chi connectivity index (χ1n) is 5.70. The summed E-state index contributed by atoms with van der Waals surface area (Å²) in [6.45, 7) is 0.581. The van der Waals surface area contributed by atoms with Crippen molar-refractivity contribution in [3.8, 4) is 0 Å². The fourth-order valence-electron chi connectivity index (χ4n) is 1.57. The van der Waals surface area contributed by atoms with E-state index in [1.54, 1.807) is 6.07 Å². The Kier molecular flexibility index (Phi) is 4.67. The van der Waals surface area contributed by atoms with E-state index in [4.69, 9.17) is 11.6 Å². The summed E-state index contributed by atoms with van der Waals surface area (Å²) in [6, 6.07) is 8.72. The van der Waals surface area contributed by atoms with Gasteiger partial charge in [-0.25, -0.2) is 13.4 Å². The Hall–Kier alpha value is -1.11. The molecule has 0 fully saturated rings. The van der Waals surface area contributed by atoms with Crippen LogP contribution in [0.25, 0.3) is 0 Å². The molecule has 2 aromatic rings. The van der Waals surface area contributed by atoms with E-state index >= 15 is 0 Å². The molecule has 0 bridgehead atoms. The normalized spacial score (nSPS) is 11.3. The second-order valence-electron chi connectivity index (χ2n) is 4.25. The molecule has 0 aliphatic carbocycles. The number of benzene rings is 1. The molecule has 1 aromatic carbocycles.